The van der Waals surface area contributed by atoms with Gasteiger partial charge >= 0.3 is 0 Å². The Hall–Kier alpha value is -1.89. The van der Waals surface area contributed by atoms with Gasteiger partial charge in [0.1, 0.15) is 5.78 Å². The van der Waals surface area contributed by atoms with Gasteiger partial charge < -0.3 is 0 Å². The monoisotopic (exact) mass is 322 g/mol. The predicted molar refractivity (Wildman–Crippen MR) is 104 cm³/mol. The highest BCUT2D eigenvalue weighted by atomic mass is 16.1. The SMILES string of the molecule is C=C1CC(CC)C(C(C)=O)(C(C)C)C1.c1ccc2ccccc2c1. The molecule has 2 unspecified atom stereocenters. The maximum absolute atomic E-state index is 11.9. The van der Waals surface area contributed by atoms with Gasteiger partial charge in [0.25, 0.3) is 0 Å². The van der Waals surface area contributed by atoms with Gasteiger partial charge in [-0.15, -0.1) is 0 Å². The van der Waals surface area contributed by atoms with Crippen molar-refractivity contribution in [2.24, 2.45) is 17.3 Å². The lowest BCUT2D eigenvalue weighted by Gasteiger charge is -2.36. The zero-order chi connectivity index (χ0) is 17.7. The van der Waals surface area contributed by atoms with Crippen molar-refractivity contribution in [3.05, 3.63) is 60.7 Å². The fraction of sp³-hybridized carbons (Fsp3) is 0.435. The number of benzene rings is 2. The standard InChI is InChI=1S/C13H22O.C10H8/c1-6-12-7-10(4)8-13(12,9(2)3)11(5)14;1-2-6-10-8-4-3-7-9(10)5-1/h9,12H,4,6-8H2,1-3,5H3;1-8H. The highest BCUT2D eigenvalue weighted by Crippen LogP contribution is 2.52. The fourth-order valence-electron chi connectivity index (χ4n) is 4.30. The molecule has 3 rings (SSSR count). The van der Waals surface area contributed by atoms with Crippen molar-refractivity contribution in [2.75, 3.05) is 0 Å². The third-order valence-electron chi connectivity index (χ3n) is 5.64. The summed E-state index contributed by atoms with van der Waals surface area (Å²) >= 11 is 0. The van der Waals surface area contributed by atoms with Crippen LogP contribution in [0.1, 0.15) is 47.0 Å². The summed E-state index contributed by atoms with van der Waals surface area (Å²) in [7, 11) is 0. The predicted octanol–water partition coefficient (Wildman–Crippen LogP) is 6.43. The molecule has 2 aromatic rings. The van der Waals surface area contributed by atoms with Gasteiger partial charge in [-0.05, 0) is 42.4 Å². The number of hydrogen-bond donors (Lipinski definition) is 0. The highest BCUT2D eigenvalue weighted by molar-refractivity contribution is 5.84. The molecule has 0 amide bonds. The average molecular weight is 322 g/mol. The molecule has 0 heterocycles. The van der Waals surface area contributed by atoms with Crippen LogP contribution in [0.15, 0.2) is 60.7 Å². The van der Waals surface area contributed by atoms with E-state index < -0.39 is 0 Å². The van der Waals surface area contributed by atoms with Gasteiger partial charge in [0, 0.05) is 5.41 Å². The second kappa shape index (κ2) is 7.79. The molecule has 0 spiro atoms. The zero-order valence-corrected chi connectivity index (χ0v) is 15.5. The van der Waals surface area contributed by atoms with E-state index in [2.05, 4.69) is 75.9 Å². The zero-order valence-electron chi connectivity index (χ0n) is 15.5. The first-order chi connectivity index (χ1) is 11.4. The molecule has 0 aliphatic heterocycles. The molecule has 0 radical (unpaired) electrons. The molecule has 2 atom stereocenters. The number of allylic oxidation sites excluding steroid dienone is 1. The van der Waals surface area contributed by atoms with Crippen LogP contribution in [0.5, 0.6) is 0 Å². The first-order valence-corrected chi connectivity index (χ1v) is 9.03. The molecule has 1 heteroatoms. The van der Waals surface area contributed by atoms with Gasteiger partial charge in [-0.25, -0.2) is 0 Å². The van der Waals surface area contributed by atoms with Gasteiger partial charge in [-0.1, -0.05) is 87.9 Å². The Labute approximate surface area is 146 Å². The van der Waals surface area contributed by atoms with Crippen molar-refractivity contribution in [3.8, 4) is 0 Å². The number of carbonyl (C=O) groups excluding carboxylic acids is 1. The Morgan fingerprint density at radius 1 is 1.12 bits per heavy atom. The maximum Gasteiger partial charge on any atom is 0.136 e. The molecular weight excluding hydrogens is 292 g/mol. The molecule has 1 aliphatic carbocycles. The van der Waals surface area contributed by atoms with E-state index >= 15 is 0 Å². The van der Waals surface area contributed by atoms with Crippen molar-refractivity contribution < 1.29 is 4.79 Å². The minimum Gasteiger partial charge on any atom is -0.299 e. The summed E-state index contributed by atoms with van der Waals surface area (Å²) in [4.78, 5) is 11.9. The molecule has 1 nitrogen and oxygen atoms in total. The minimum absolute atomic E-state index is 0.105. The highest BCUT2D eigenvalue weighted by Gasteiger charge is 2.49. The van der Waals surface area contributed by atoms with E-state index in [1.54, 1.807) is 6.92 Å². The number of ketones is 1. The molecular formula is C23H30O. The van der Waals surface area contributed by atoms with Gasteiger partial charge in [-0.2, -0.15) is 0 Å². The van der Waals surface area contributed by atoms with E-state index in [0.717, 1.165) is 19.3 Å². The third kappa shape index (κ3) is 3.61. The van der Waals surface area contributed by atoms with Crippen LogP contribution in [0.2, 0.25) is 0 Å². The average Bonchev–Trinajstić information content (AvgIpc) is 2.93. The summed E-state index contributed by atoms with van der Waals surface area (Å²) in [5, 5.41) is 2.62. The number of carbonyl (C=O) groups is 1. The van der Waals surface area contributed by atoms with Crippen LogP contribution in [0.25, 0.3) is 10.8 Å². The van der Waals surface area contributed by atoms with Crippen LogP contribution in [-0.4, -0.2) is 5.78 Å². The van der Waals surface area contributed by atoms with E-state index in [1.807, 2.05) is 0 Å². The van der Waals surface area contributed by atoms with Crippen molar-refractivity contribution >= 4 is 16.6 Å². The van der Waals surface area contributed by atoms with Crippen molar-refractivity contribution in [1.82, 2.24) is 0 Å². The van der Waals surface area contributed by atoms with Crippen LogP contribution in [-0.2, 0) is 4.79 Å². The lowest BCUT2D eigenvalue weighted by molar-refractivity contribution is -0.131. The molecule has 24 heavy (non-hydrogen) atoms. The summed E-state index contributed by atoms with van der Waals surface area (Å²) in [6.45, 7) is 12.3. The normalized spacial score (nSPS) is 23.2. The van der Waals surface area contributed by atoms with E-state index in [-0.39, 0.29) is 5.41 Å². The minimum atomic E-state index is -0.105. The Morgan fingerprint density at radius 3 is 1.88 bits per heavy atom. The molecule has 2 aromatic carbocycles. The first-order valence-electron chi connectivity index (χ1n) is 9.03. The van der Waals surface area contributed by atoms with Gasteiger partial charge in [-0.3, -0.25) is 4.79 Å². The summed E-state index contributed by atoms with van der Waals surface area (Å²) in [5.74, 6) is 1.31. The van der Waals surface area contributed by atoms with E-state index in [0.29, 0.717) is 17.6 Å². The second-order valence-corrected chi connectivity index (χ2v) is 7.33. The van der Waals surface area contributed by atoms with E-state index in [1.165, 1.54) is 16.3 Å². The van der Waals surface area contributed by atoms with E-state index in [9.17, 15) is 4.79 Å². The van der Waals surface area contributed by atoms with Crippen LogP contribution >= 0.6 is 0 Å². The van der Waals surface area contributed by atoms with Gasteiger partial charge in [0.15, 0.2) is 0 Å². The lowest BCUT2D eigenvalue weighted by Crippen LogP contribution is -2.38. The van der Waals surface area contributed by atoms with Gasteiger partial charge in [0.05, 0.1) is 0 Å². The Bertz CT molecular complexity index is 647. The number of Topliss-reactive ketones (excluding diaryl/α,β-unsaturated/α-hetero) is 1. The largest absolute Gasteiger partial charge is 0.299 e. The topological polar surface area (TPSA) is 17.1 Å². The molecule has 1 fully saturated rings. The second-order valence-electron chi connectivity index (χ2n) is 7.33. The number of hydrogen-bond acceptors (Lipinski definition) is 1. The summed E-state index contributed by atoms with van der Waals surface area (Å²) < 4.78 is 0. The summed E-state index contributed by atoms with van der Waals surface area (Å²) in [6, 6.07) is 16.7. The lowest BCUT2D eigenvalue weighted by atomic mass is 9.66. The first kappa shape index (κ1) is 18.4. The van der Waals surface area contributed by atoms with Crippen LogP contribution < -0.4 is 0 Å². The Kier molecular flexibility index (Phi) is 5.99. The van der Waals surface area contributed by atoms with Crippen molar-refractivity contribution in [2.45, 2.75) is 47.0 Å². The summed E-state index contributed by atoms with van der Waals surface area (Å²) in [6.07, 6.45) is 3.06. The molecule has 0 bridgehead atoms. The summed E-state index contributed by atoms with van der Waals surface area (Å²) in [5.41, 5.74) is 1.16. The maximum atomic E-state index is 11.9. The Balaban J connectivity index is 0.000000182. The molecule has 0 N–H and O–H groups in total. The fourth-order valence-corrected chi connectivity index (χ4v) is 4.30. The smallest absolute Gasteiger partial charge is 0.136 e. The third-order valence-corrected chi connectivity index (χ3v) is 5.64. The number of rotatable bonds is 3. The van der Waals surface area contributed by atoms with E-state index in [4.69, 9.17) is 0 Å². The van der Waals surface area contributed by atoms with Crippen LogP contribution in [0.4, 0.5) is 0 Å². The van der Waals surface area contributed by atoms with Crippen LogP contribution in [0, 0.1) is 17.3 Å². The van der Waals surface area contributed by atoms with Gasteiger partial charge in [0.2, 0.25) is 0 Å². The van der Waals surface area contributed by atoms with Crippen molar-refractivity contribution in [3.63, 3.8) is 0 Å². The molecule has 0 aromatic heterocycles. The van der Waals surface area contributed by atoms with Crippen LogP contribution in [0.3, 0.4) is 0 Å². The molecule has 0 saturated heterocycles. The van der Waals surface area contributed by atoms with Crippen molar-refractivity contribution in [1.29, 1.82) is 0 Å². The molecule has 1 saturated carbocycles. The molecule has 1 aliphatic rings. The number of fused-ring (bicyclic) bond motifs is 1. The molecule has 128 valence electrons. The Morgan fingerprint density at radius 2 is 1.58 bits per heavy atom. The quantitative estimate of drug-likeness (QED) is 0.595.